The molecule has 0 bridgehead atoms. The summed E-state index contributed by atoms with van der Waals surface area (Å²) in [5.41, 5.74) is 0.592. The van der Waals surface area contributed by atoms with E-state index >= 15 is 0 Å². The maximum Gasteiger partial charge on any atom is 0.273 e. The Morgan fingerprint density at radius 2 is 2.11 bits per heavy atom. The van der Waals surface area contributed by atoms with Crippen LogP contribution in [0.25, 0.3) is 10.2 Å². The van der Waals surface area contributed by atoms with Gasteiger partial charge in [-0.05, 0) is 24.5 Å². The van der Waals surface area contributed by atoms with Crippen molar-refractivity contribution in [2.24, 2.45) is 0 Å². The van der Waals surface area contributed by atoms with Crippen molar-refractivity contribution in [1.82, 2.24) is 19.5 Å². The Bertz CT molecular complexity index is 1000. The highest BCUT2D eigenvalue weighted by Gasteiger charge is 2.26. The first-order chi connectivity index (χ1) is 13.5. The molecule has 2 aromatic heterocycles. The van der Waals surface area contributed by atoms with Crippen molar-refractivity contribution >= 4 is 44.1 Å². The molecule has 0 unspecified atom stereocenters. The molecule has 4 rings (SSSR count). The Kier molecular flexibility index (Phi) is 5.58. The Morgan fingerprint density at radius 1 is 1.32 bits per heavy atom. The molecule has 1 aliphatic heterocycles. The molecule has 1 aliphatic rings. The Morgan fingerprint density at radius 3 is 2.82 bits per heavy atom. The van der Waals surface area contributed by atoms with Gasteiger partial charge in [-0.1, -0.05) is 15.8 Å². The van der Waals surface area contributed by atoms with Crippen molar-refractivity contribution in [3.63, 3.8) is 0 Å². The molecule has 0 N–H and O–H groups in total. The summed E-state index contributed by atoms with van der Waals surface area (Å²) in [7, 11) is 0. The van der Waals surface area contributed by atoms with E-state index in [9.17, 15) is 13.6 Å². The third kappa shape index (κ3) is 3.88. The van der Waals surface area contributed by atoms with Gasteiger partial charge in [0, 0.05) is 32.2 Å². The normalized spacial score (nSPS) is 15.2. The van der Waals surface area contributed by atoms with Gasteiger partial charge in [0.1, 0.15) is 16.2 Å². The zero-order valence-electron chi connectivity index (χ0n) is 15.0. The molecule has 1 amide bonds. The summed E-state index contributed by atoms with van der Waals surface area (Å²) in [6, 6.07) is 2.02. The van der Waals surface area contributed by atoms with Crippen LogP contribution in [0.2, 0.25) is 0 Å². The molecule has 0 saturated carbocycles. The lowest BCUT2D eigenvalue weighted by molar-refractivity contribution is 0.0391. The van der Waals surface area contributed by atoms with Crippen LogP contribution < -0.4 is 4.90 Å². The standard InChI is InChI=1S/C17H17F2N5O2S2/c1-10-15(28-22-21-10)16(25)24(3-2-23-4-6-26-7-5-23)17-20-14-12(19)8-11(18)9-13(14)27-17/h8-9H,2-7H2,1H3. The Hall–Kier alpha value is -2.08. The first-order valence-corrected chi connectivity index (χ1v) is 10.3. The van der Waals surface area contributed by atoms with Crippen LogP contribution in [0, 0.1) is 18.6 Å². The van der Waals surface area contributed by atoms with Gasteiger partial charge in [0.05, 0.1) is 23.6 Å². The second-order valence-corrected chi connectivity index (χ2v) is 8.09. The molecule has 0 radical (unpaired) electrons. The number of amides is 1. The van der Waals surface area contributed by atoms with Gasteiger partial charge in [0.2, 0.25) is 0 Å². The topological polar surface area (TPSA) is 71.5 Å². The number of carbonyl (C=O) groups excluding carboxylic acids is 1. The fourth-order valence-electron chi connectivity index (χ4n) is 2.96. The highest BCUT2D eigenvalue weighted by molar-refractivity contribution is 7.22. The van der Waals surface area contributed by atoms with Crippen LogP contribution in [0.5, 0.6) is 0 Å². The molecule has 0 aliphatic carbocycles. The zero-order chi connectivity index (χ0) is 19.7. The van der Waals surface area contributed by atoms with Crippen molar-refractivity contribution in [2.45, 2.75) is 6.92 Å². The largest absolute Gasteiger partial charge is 0.379 e. The molecule has 7 nitrogen and oxygen atoms in total. The van der Waals surface area contributed by atoms with Gasteiger partial charge in [0.15, 0.2) is 10.9 Å². The monoisotopic (exact) mass is 425 g/mol. The molecule has 0 atom stereocenters. The number of hydrogen-bond donors (Lipinski definition) is 0. The Labute approximate surface area is 167 Å². The van der Waals surface area contributed by atoms with E-state index in [1.807, 2.05) is 0 Å². The molecule has 0 spiro atoms. The fourth-order valence-corrected chi connectivity index (χ4v) is 4.60. The lowest BCUT2D eigenvalue weighted by Crippen LogP contribution is -2.43. The number of fused-ring (bicyclic) bond motifs is 1. The van der Waals surface area contributed by atoms with Crippen LogP contribution in [0.15, 0.2) is 12.1 Å². The SMILES string of the molecule is Cc1nnsc1C(=O)N(CCN1CCOCC1)c1nc2c(F)cc(F)cc2s1. The number of carbonyl (C=O) groups is 1. The highest BCUT2D eigenvalue weighted by Crippen LogP contribution is 2.32. The minimum Gasteiger partial charge on any atom is -0.379 e. The highest BCUT2D eigenvalue weighted by atomic mass is 32.1. The number of thiazole rings is 1. The van der Waals surface area contributed by atoms with E-state index in [0.29, 0.717) is 46.7 Å². The van der Waals surface area contributed by atoms with E-state index in [1.54, 1.807) is 6.92 Å². The van der Waals surface area contributed by atoms with Crippen LogP contribution in [-0.4, -0.2) is 64.8 Å². The number of halogens is 2. The van der Waals surface area contributed by atoms with E-state index in [0.717, 1.165) is 42.0 Å². The van der Waals surface area contributed by atoms with E-state index in [2.05, 4.69) is 19.5 Å². The number of aromatic nitrogens is 3. The predicted octanol–water partition coefficient (Wildman–Crippen LogP) is 2.71. The number of hydrogen-bond acceptors (Lipinski definition) is 8. The van der Waals surface area contributed by atoms with Crippen LogP contribution >= 0.6 is 22.9 Å². The molecule has 148 valence electrons. The molecule has 1 fully saturated rings. The summed E-state index contributed by atoms with van der Waals surface area (Å²) in [6.07, 6.45) is 0. The van der Waals surface area contributed by atoms with E-state index in [-0.39, 0.29) is 11.4 Å². The van der Waals surface area contributed by atoms with E-state index in [1.165, 1.54) is 11.0 Å². The summed E-state index contributed by atoms with van der Waals surface area (Å²) in [6.45, 7) is 5.55. The molecule has 3 heterocycles. The number of aryl methyl sites for hydroxylation is 1. The van der Waals surface area contributed by atoms with Gasteiger partial charge >= 0.3 is 0 Å². The lowest BCUT2D eigenvalue weighted by Gasteiger charge is -2.29. The second-order valence-electron chi connectivity index (χ2n) is 6.33. The summed E-state index contributed by atoms with van der Waals surface area (Å²) < 4.78 is 37.2. The maximum absolute atomic E-state index is 14.1. The van der Waals surface area contributed by atoms with Gasteiger partial charge in [-0.3, -0.25) is 14.6 Å². The minimum atomic E-state index is -0.742. The van der Waals surface area contributed by atoms with Crippen molar-refractivity contribution in [1.29, 1.82) is 0 Å². The number of rotatable bonds is 5. The van der Waals surface area contributed by atoms with Gasteiger partial charge < -0.3 is 4.74 Å². The van der Waals surface area contributed by atoms with Crippen molar-refractivity contribution < 1.29 is 18.3 Å². The fraction of sp³-hybridized carbons (Fsp3) is 0.412. The summed E-state index contributed by atoms with van der Waals surface area (Å²) >= 11 is 2.10. The average Bonchev–Trinajstić information content (AvgIpc) is 3.29. The van der Waals surface area contributed by atoms with Crippen LogP contribution in [0.3, 0.4) is 0 Å². The molecule has 28 heavy (non-hydrogen) atoms. The molecular formula is C17H17F2N5O2S2. The summed E-state index contributed by atoms with van der Waals surface area (Å²) in [5.74, 6) is -1.71. The van der Waals surface area contributed by atoms with Crippen LogP contribution in [0.1, 0.15) is 15.4 Å². The molecular weight excluding hydrogens is 408 g/mol. The second kappa shape index (κ2) is 8.11. The predicted molar refractivity (Wildman–Crippen MR) is 103 cm³/mol. The molecule has 1 aromatic carbocycles. The number of benzene rings is 1. The van der Waals surface area contributed by atoms with Crippen molar-refractivity contribution in [2.75, 3.05) is 44.3 Å². The quantitative estimate of drug-likeness (QED) is 0.626. The van der Waals surface area contributed by atoms with Gasteiger partial charge in [0.25, 0.3) is 5.91 Å². The summed E-state index contributed by atoms with van der Waals surface area (Å²) in [5, 5.41) is 4.22. The molecule has 1 saturated heterocycles. The molecule has 11 heteroatoms. The van der Waals surface area contributed by atoms with Crippen molar-refractivity contribution in [3.8, 4) is 0 Å². The van der Waals surface area contributed by atoms with Gasteiger partial charge in [-0.25, -0.2) is 13.8 Å². The smallest absolute Gasteiger partial charge is 0.273 e. The van der Waals surface area contributed by atoms with E-state index in [4.69, 9.17) is 4.74 Å². The first-order valence-electron chi connectivity index (χ1n) is 8.69. The average molecular weight is 425 g/mol. The maximum atomic E-state index is 14.1. The number of ether oxygens (including phenoxy) is 1. The summed E-state index contributed by atoms with van der Waals surface area (Å²) in [4.78, 5) is 21.5. The van der Waals surface area contributed by atoms with Crippen LogP contribution in [0.4, 0.5) is 13.9 Å². The van der Waals surface area contributed by atoms with E-state index < -0.39 is 11.6 Å². The number of morpholine rings is 1. The van der Waals surface area contributed by atoms with Crippen LogP contribution in [-0.2, 0) is 4.74 Å². The Balaban J connectivity index is 1.66. The number of nitrogens with zero attached hydrogens (tertiary/aromatic N) is 5. The lowest BCUT2D eigenvalue weighted by atomic mass is 10.3. The third-order valence-corrected chi connectivity index (χ3v) is 6.31. The van der Waals surface area contributed by atoms with Gasteiger partial charge in [-0.15, -0.1) is 5.10 Å². The minimum absolute atomic E-state index is 0.0599. The third-order valence-electron chi connectivity index (χ3n) is 4.47. The molecule has 3 aromatic rings. The van der Waals surface area contributed by atoms with Crippen molar-refractivity contribution in [3.05, 3.63) is 34.3 Å². The zero-order valence-corrected chi connectivity index (χ0v) is 16.7. The van der Waals surface area contributed by atoms with Gasteiger partial charge in [-0.2, -0.15) is 0 Å². The first kappa shape index (κ1) is 19.2. The number of anilines is 1.